The van der Waals surface area contributed by atoms with E-state index in [9.17, 15) is 4.79 Å². The molecule has 0 atom stereocenters. The number of aryl methyl sites for hydroxylation is 1. The number of carbonyl (C=O) groups is 2. The Bertz CT molecular complexity index is 1280. The van der Waals surface area contributed by atoms with Crippen molar-refractivity contribution >= 4 is 34.7 Å². The van der Waals surface area contributed by atoms with E-state index in [0.717, 1.165) is 51.9 Å². The summed E-state index contributed by atoms with van der Waals surface area (Å²) in [5, 5.41) is 17.2. The average Bonchev–Trinajstić information content (AvgIpc) is 3.48. The van der Waals surface area contributed by atoms with Crippen LogP contribution in [0, 0.1) is 12.8 Å². The van der Waals surface area contributed by atoms with Gasteiger partial charge in [-0.3, -0.25) is 4.79 Å². The maximum absolute atomic E-state index is 12.6. The lowest BCUT2D eigenvalue weighted by atomic mass is 9.94. The number of carbonyl (C=O) groups excluding carboxylic acids is 1. The summed E-state index contributed by atoms with van der Waals surface area (Å²) in [6.45, 7) is 2.04. The topological polar surface area (TPSA) is 113 Å². The van der Waals surface area contributed by atoms with Gasteiger partial charge in [-0.05, 0) is 60.7 Å². The van der Waals surface area contributed by atoms with Gasteiger partial charge in [0.05, 0.1) is 0 Å². The molecule has 1 aliphatic carbocycles. The number of benzene rings is 3. The molecule has 1 saturated carbocycles. The number of ketones is 1. The van der Waals surface area contributed by atoms with Crippen molar-refractivity contribution in [1.29, 1.82) is 0 Å². The highest BCUT2D eigenvalue weighted by Gasteiger charge is 2.23. The van der Waals surface area contributed by atoms with E-state index >= 15 is 0 Å². The van der Waals surface area contributed by atoms with E-state index in [1.165, 1.54) is 12.8 Å². The Morgan fingerprint density at radius 1 is 0.912 bits per heavy atom. The standard InChI is InChI=1S/C26H24N2O2.CH2O3/c1-17-6-15-24-23(16-17)28-26(30-24)27-22-13-11-19(12-14-22)18-7-9-21(10-8-18)25(29)20-4-2-3-5-20;2-1(3)4/h6-16,20H,2-5H2,1H3,(H,27,28);(H2,2,3,4). The minimum Gasteiger partial charge on any atom is -0.450 e. The molecule has 0 spiro atoms. The predicted molar refractivity (Wildman–Crippen MR) is 131 cm³/mol. The third-order valence-electron chi connectivity index (χ3n) is 5.91. The summed E-state index contributed by atoms with van der Waals surface area (Å²) in [5.74, 6) is 0.518. The van der Waals surface area contributed by atoms with Crippen molar-refractivity contribution < 1.29 is 24.2 Å². The smallest absolute Gasteiger partial charge is 0.450 e. The second kappa shape index (κ2) is 10.2. The molecule has 1 heterocycles. The number of fused-ring (bicyclic) bond motifs is 1. The zero-order valence-corrected chi connectivity index (χ0v) is 18.8. The van der Waals surface area contributed by atoms with Crippen LogP contribution in [-0.2, 0) is 0 Å². The monoisotopic (exact) mass is 458 g/mol. The molecule has 4 aromatic rings. The van der Waals surface area contributed by atoms with Crippen LogP contribution in [0.4, 0.5) is 16.5 Å². The number of rotatable bonds is 5. The summed E-state index contributed by atoms with van der Waals surface area (Å²) >= 11 is 0. The maximum Gasteiger partial charge on any atom is 0.503 e. The lowest BCUT2D eigenvalue weighted by molar-refractivity contribution is 0.0922. The van der Waals surface area contributed by atoms with E-state index < -0.39 is 6.16 Å². The van der Waals surface area contributed by atoms with E-state index in [-0.39, 0.29) is 5.92 Å². The number of aromatic nitrogens is 1. The first kappa shape index (κ1) is 23.0. The molecule has 0 aliphatic heterocycles. The van der Waals surface area contributed by atoms with Gasteiger partial charge in [0.1, 0.15) is 5.52 Å². The Balaban J connectivity index is 0.000000636. The lowest BCUT2D eigenvalue weighted by Gasteiger charge is -2.09. The van der Waals surface area contributed by atoms with E-state index in [0.29, 0.717) is 11.8 Å². The molecule has 0 unspecified atom stereocenters. The van der Waals surface area contributed by atoms with E-state index in [4.69, 9.17) is 19.4 Å². The Morgan fingerprint density at radius 2 is 1.50 bits per heavy atom. The zero-order chi connectivity index (χ0) is 24.1. The van der Waals surface area contributed by atoms with Crippen LogP contribution in [0.15, 0.2) is 71.1 Å². The summed E-state index contributed by atoms with van der Waals surface area (Å²) in [6, 6.07) is 22.6. The largest absolute Gasteiger partial charge is 0.503 e. The molecule has 0 saturated heterocycles. The zero-order valence-electron chi connectivity index (χ0n) is 18.8. The fourth-order valence-corrected chi connectivity index (χ4v) is 4.21. The van der Waals surface area contributed by atoms with Crippen LogP contribution >= 0.6 is 0 Å². The quantitative estimate of drug-likeness (QED) is 0.272. The minimum atomic E-state index is -1.83. The summed E-state index contributed by atoms with van der Waals surface area (Å²) in [7, 11) is 0. The first-order valence-corrected chi connectivity index (χ1v) is 11.2. The van der Waals surface area contributed by atoms with Crippen LogP contribution in [0.25, 0.3) is 22.2 Å². The molecule has 34 heavy (non-hydrogen) atoms. The average molecular weight is 459 g/mol. The normalized spacial score (nSPS) is 13.3. The number of oxazole rings is 1. The Labute approximate surface area is 197 Å². The van der Waals surface area contributed by atoms with Gasteiger partial charge < -0.3 is 19.9 Å². The van der Waals surface area contributed by atoms with Gasteiger partial charge in [-0.1, -0.05) is 55.3 Å². The molecule has 0 radical (unpaired) electrons. The molecule has 3 N–H and O–H groups in total. The van der Waals surface area contributed by atoms with Gasteiger partial charge in [0, 0.05) is 17.2 Å². The molecular weight excluding hydrogens is 432 g/mol. The Morgan fingerprint density at radius 3 is 2.12 bits per heavy atom. The van der Waals surface area contributed by atoms with Crippen molar-refractivity contribution in [2.45, 2.75) is 32.6 Å². The van der Waals surface area contributed by atoms with Crippen LogP contribution < -0.4 is 5.32 Å². The summed E-state index contributed by atoms with van der Waals surface area (Å²) in [6.07, 6.45) is 2.60. The molecule has 1 fully saturated rings. The molecule has 3 aromatic carbocycles. The van der Waals surface area contributed by atoms with Crippen LogP contribution in [0.1, 0.15) is 41.6 Å². The molecular formula is C27H26N2O5. The van der Waals surface area contributed by atoms with Gasteiger partial charge in [-0.25, -0.2) is 4.79 Å². The second-order valence-electron chi connectivity index (χ2n) is 8.40. The van der Waals surface area contributed by atoms with Gasteiger partial charge >= 0.3 is 6.16 Å². The third-order valence-corrected chi connectivity index (χ3v) is 5.91. The van der Waals surface area contributed by atoms with Gasteiger partial charge in [-0.15, -0.1) is 0 Å². The van der Waals surface area contributed by atoms with Crippen LogP contribution in [0.3, 0.4) is 0 Å². The molecule has 0 amide bonds. The molecule has 7 heteroatoms. The van der Waals surface area contributed by atoms with E-state index in [2.05, 4.69) is 22.4 Å². The number of hydrogen-bond donors (Lipinski definition) is 3. The van der Waals surface area contributed by atoms with Gasteiger partial charge in [0.25, 0.3) is 6.01 Å². The molecule has 0 bridgehead atoms. The fourth-order valence-electron chi connectivity index (χ4n) is 4.21. The molecule has 1 aliphatic rings. The van der Waals surface area contributed by atoms with Crippen LogP contribution in [0.2, 0.25) is 0 Å². The summed E-state index contributed by atoms with van der Waals surface area (Å²) < 4.78 is 5.77. The Hall–Kier alpha value is -4.13. The minimum absolute atomic E-state index is 0.219. The number of hydrogen-bond acceptors (Lipinski definition) is 5. The fraction of sp³-hybridized carbons (Fsp3) is 0.222. The molecule has 174 valence electrons. The first-order valence-electron chi connectivity index (χ1n) is 11.2. The Kier molecular flexibility index (Phi) is 6.92. The van der Waals surface area contributed by atoms with Crippen molar-refractivity contribution in [1.82, 2.24) is 4.98 Å². The van der Waals surface area contributed by atoms with Gasteiger partial charge in [0.2, 0.25) is 0 Å². The van der Waals surface area contributed by atoms with Crippen molar-refractivity contribution in [3.05, 3.63) is 77.9 Å². The highest BCUT2D eigenvalue weighted by molar-refractivity contribution is 5.98. The van der Waals surface area contributed by atoms with E-state index in [1.54, 1.807) is 0 Å². The lowest BCUT2D eigenvalue weighted by Crippen LogP contribution is -2.10. The van der Waals surface area contributed by atoms with Crippen molar-refractivity contribution in [3.63, 3.8) is 0 Å². The molecule has 5 rings (SSSR count). The van der Waals surface area contributed by atoms with Crippen molar-refractivity contribution in [2.75, 3.05) is 5.32 Å². The van der Waals surface area contributed by atoms with Crippen LogP contribution in [-0.4, -0.2) is 27.1 Å². The highest BCUT2D eigenvalue weighted by atomic mass is 16.6. The number of anilines is 2. The van der Waals surface area contributed by atoms with Gasteiger partial charge in [-0.2, -0.15) is 4.98 Å². The first-order chi connectivity index (χ1) is 16.4. The SMILES string of the molecule is Cc1ccc2oc(Nc3ccc(-c4ccc(C(=O)C5CCCC5)cc4)cc3)nc2c1.O=C(O)O. The number of nitrogens with one attached hydrogen (secondary N) is 1. The number of Topliss-reactive ketones (excluding diaryl/α,β-unsaturated/α-hetero) is 1. The molecule has 7 nitrogen and oxygen atoms in total. The second-order valence-corrected chi connectivity index (χ2v) is 8.40. The van der Waals surface area contributed by atoms with Crippen molar-refractivity contribution in [3.8, 4) is 11.1 Å². The van der Waals surface area contributed by atoms with Crippen LogP contribution in [0.5, 0.6) is 0 Å². The van der Waals surface area contributed by atoms with E-state index in [1.807, 2.05) is 61.5 Å². The highest BCUT2D eigenvalue weighted by Crippen LogP contribution is 2.30. The molecule has 1 aromatic heterocycles. The third kappa shape index (κ3) is 5.61. The number of nitrogens with zero attached hydrogens (tertiary/aromatic N) is 1. The predicted octanol–water partition coefficient (Wildman–Crippen LogP) is 7.14. The van der Waals surface area contributed by atoms with Crippen molar-refractivity contribution in [2.24, 2.45) is 5.92 Å². The maximum atomic E-state index is 12.6. The van der Waals surface area contributed by atoms with Gasteiger partial charge in [0.15, 0.2) is 11.4 Å². The number of carboxylic acid groups (broad SMARTS) is 2. The summed E-state index contributed by atoms with van der Waals surface area (Å²) in [5.41, 5.74) is 6.72. The summed E-state index contributed by atoms with van der Waals surface area (Å²) in [4.78, 5) is 25.6.